The fraction of sp³-hybridized carbons (Fsp3) is 0.500. The molecular weight excluding hydrogens is 308 g/mol. The zero-order chi connectivity index (χ0) is 17.6. The Morgan fingerprint density at radius 3 is 2.83 bits per heavy atom. The summed E-state index contributed by atoms with van der Waals surface area (Å²) in [6.45, 7) is 10.0. The molecule has 3 rings (SSSR count). The number of rotatable bonds is 3. The maximum absolute atomic E-state index is 12.8. The molecule has 128 valence electrons. The average molecular weight is 330 g/mol. The second-order valence-corrected chi connectivity index (χ2v) is 6.45. The number of carbonyl (C=O) groups is 1. The van der Waals surface area contributed by atoms with Gasteiger partial charge in [0.05, 0.1) is 17.0 Å². The highest BCUT2D eigenvalue weighted by Gasteiger charge is 2.45. The van der Waals surface area contributed by atoms with Crippen molar-refractivity contribution < 1.29 is 14.6 Å². The van der Waals surface area contributed by atoms with E-state index in [2.05, 4.69) is 11.6 Å². The van der Waals surface area contributed by atoms with Crippen molar-refractivity contribution in [3.05, 3.63) is 45.5 Å². The molecule has 3 heterocycles. The summed E-state index contributed by atoms with van der Waals surface area (Å²) in [5, 5.41) is 10.8. The topological polar surface area (TPSA) is 80.9 Å². The minimum Gasteiger partial charge on any atom is -0.458 e. The molecule has 1 N–H and O–H groups in total. The number of carbonyl (C=O) groups excluding carboxylic acids is 1. The van der Waals surface area contributed by atoms with Crippen LogP contribution < -0.4 is 5.56 Å². The largest absolute Gasteiger partial charge is 0.458 e. The number of hydrogen-bond acceptors (Lipinski definition) is 5. The predicted molar refractivity (Wildman–Crippen MR) is 89.8 cm³/mol. The number of allylic oxidation sites excluding steroid dienone is 1. The summed E-state index contributed by atoms with van der Waals surface area (Å²) in [5.74, 6) is -0.638. The van der Waals surface area contributed by atoms with Crippen LogP contribution in [-0.2, 0) is 28.3 Å². The Morgan fingerprint density at radius 2 is 2.21 bits per heavy atom. The van der Waals surface area contributed by atoms with E-state index in [0.717, 1.165) is 17.8 Å². The number of fused-ring (bicyclic) bond motifs is 2. The van der Waals surface area contributed by atoms with Gasteiger partial charge >= 0.3 is 5.97 Å². The van der Waals surface area contributed by atoms with E-state index < -0.39 is 11.6 Å². The lowest BCUT2D eigenvalue weighted by Gasteiger charge is -2.31. The zero-order valence-electron chi connectivity index (χ0n) is 14.3. The van der Waals surface area contributed by atoms with Crippen LogP contribution in [-0.4, -0.2) is 21.4 Å². The molecule has 0 aliphatic carbocycles. The number of esters is 1. The van der Waals surface area contributed by atoms with Gasteiger partial charge in [-0.1, -0.05) is 27.4 Å². The zero-order valence-corrected chi connectivity index (χ0v) is 14.3. The Kier molecular flexibility index (Phi) is 3.95. The lowest BCUT2D eigenvalue weighted by atomic mass is 9.86. The van der Waals surface area contributed by atoms with Gasteiger partial charge in [0.15, 0.2) is 5.60 Å². The molecule has 0 radical (unpaired) electrons. The summed E-state index contributed by atoms with van der Waals surface area (Å²) in [6.07, 6.45) is 0.863. The number of hydrogen-bond donors (Lipinski definition) is 1. The first-order valence-electron chi connectivity index (χ1n) is 8.27. The van der Waals surface area contributed by atoms with Gasteiger partial charge in [-0.15, -0.1) is 0 Å². The Bertz CT molecular complexity index is 821. The van der Waals surface area contributed by atoms with Gasteiger partial charge in [0.2, 0.25) is 0 Å². The van der Waals surface area contributed by atoms with Gasteiger partial charge in [-0.2, -0.15) is 0 Å². The number of aromatic nitrogens is 1. The molecule has 6 heteroatoms. The fourth-order valence-electron chi connectivity index (χ4n) is 3.32. The normalized spacial score (nSPS) is 26.9. The van der Waals surface area contributed by atoms with E-state index in [9.17, 15) is 14.7 Å². The Morgan fingerprint density at radius 1 is 1.50 bits per heavy atom. The molecular formula is C18H22N2O4. The van der Waals surface area contributed by atoms with E-state index in [1.807, 2.05) is 13.8 Å². The van der Waals surface area contributed by atoms with E-state index in [-0.39, 0.29) is 24.5 Å². The SMILES string of the molecule is C=C(CC)/N=C1/c2cc3c(c(=O)n2CC1C)COC(=O)[C@]3(O)CC. The van der Waals surface area contributed by atoms with Crippen molar-refractivity contribution in [3.8, 4) is 0 Å². The van der Waals surface area contributed by atoms with Crippen LogP contribution in [0.15, 0.2) is 28.1 Å². The van der Waals surface area contributed by atoms with Crippen LogP contribution >= 0.6 is 0 Å². The van der Waals surface area contributed by atoms with Crippen molar-refractivity contribution in [1.82, 2.24) is 4.57 Å². The molecule has 0 fully saturated rings. The molecule has 2 aliphatic rings. The smallest absolute Gasteiger partial charge is 0.343 e. The molecule has 2 aliphatic heterocycles. The first-order valence-corrected chi connectivity index (χ1v) is 8.27. The summed E-state index contributed by atoms with van der Waals surface area (Å²) >= 11 is 0. The van der Waals surface area contributed by atoms with Crippen LogP contribution in [0, 0.1) is 5.92 Å². The third-order valence-corrected chi connectivity index (χ3v) is 4.92. The minimum atomic E-state index is -1.78. The van der Waals surface area contributed by atoms with Crippen molar-refractivity contribution in [2.24, 2.45) is 10.9 Å². The molecule has 0 spiro atoms. The van der Waals surface area contributed by atoms with E-state index in [1.54, 1.807) is 17.6 Å². The number of ether oxygens (including phenoxy) is 1. The molecule has 2 atom stereocenters. The summed E-state index contributed by atoms with van der Waals surface area (Å²) in [5.41, 5.74) is 0.872. The third-order valence-electron chi connectivity index (χ3n) is 4.92. The van der Waals surface area contributed by atoms with E-state index in [0.29, 0.717) is 23.4 Å². The van der Waals surface area contributed by atoms with Crippen LogP contribution in [0.3, 0.4) is 0 Å². The first kappa shape index (κ1) is 16.6. The standard InChI is InChI=1S/C18H22N2O4/c1-5-11(4)19-15-10(3)8-20-14(15)7-13-12(16(20)21)9-24-17(22)18(13,23)6-2/h7,10,23H,4-6,8-9H2,1-3H3/b19-15+/t10?,18-/m0/s1. The second kappa shape index (κ2) is 5.70. The molecule has 24 heavy (non-hydrogen) atoms. The highest BCUT2D eigenvalue weighted by molar-refractivity contribution is 6.03. The van der Waals surface area contributed by atoms with Crippen LogP contribution in [0.5, 0.6) is 0 Å². The number of nitrogens with zero attached hydrogens (tertiary/aromatic N) is 2. The van der Waals surface area contributed by atoms with Crippen molar-refractivity contribution in [3.63, 3.8) is 0 Å². The Hall–Kier alpha value is -2.21. The summed E-state index contributed by atoms with van der Waals surface area (Å²) < 4.78 is 6.69. The highest BCUT2D eigenvalue weighted by atomic mass is 16.6. The van der Waals surface area contributed by atoms with Gasteiger partial charge in [0.1, 0.15) is 6.61 Å². The molecule has 0 saturated heterocycles. The van der Waals surface area contributed by atoms with Crippen LogP contribution in [0.4, 0.5) is 0 Å². The van der Waals surface area contributed by atoms with Gasteiger partial charge < -0.3 is 14.4 Å². The molecule has 6 nitrogen and oxygen atoms in total. The number of pyridine rings is 1. The maximum atomic E-state index is 12.8. The average Bonchev–Trinajstić information content (AvgIpc) is 2.88. The summed E-state index contributed by atoms with van der Waals surface area (Å²) in [4.78, 5) is 29.5. The first-order chi connectivity index (χ1) is 11.3. The number of aliphatic imine (C=N–C) groups is 1. The maximum Gasteiger partial charge on any atom is 0.343 e. The van der Waals surface area contributed by atoms with Gasteiger partial charge in [-0.05, 0) is 18.9 Å². The van der Waals surface area contributed by atoms with Gasteiger partial charge in [-0.3, -0.25) is 9.79 Å². The Labute approximate surface area is 140 Å². The van der Waals surface area contributed by atoms with E-state index in [1.165, 1.54) is 0 Å². The highest BCUT2D eigenvalue weighted by Crippen LogP contribution is 2.35. The second-order valence-electron chi connectivity index (χ2n) is 6.45. The molecule has 0 bridgehead atoms. The molecule has 0 aromatic carbocycles. The van der Waals surface area contributed by atoms with Gasteiger partial charge in [0.25, 0.3) is 5.56 Å². The number of cyclic esters (lactones) is 1. The number of aliphatic hydroxyl groups is 1. The molecule has 0 amide bonds. The van der Waals surface area contributed by atoms with E-state index in [4.69, 9.17) is 4.74 Å². The molecule has 0 saturated carbocycles. The molecule has 1 aromatic rings. The third kappa shape index (κ3) is 2.24. The van der Waals surface area contributed by atoms with Gasteiger partial charge in [-0.25, -0.2) is 4.79 Å². The minimum absolute atomic E-state index is 0.0659. The predicted octanol–water partition coefficient (Wildman–Crippen LogP) is 1.87. The van der Waals surface area contributed by atoms with Crippen LogP contribution in [0.25, 0.3) is 0 Å². The summed E-state index contributed by atoms with van der Waals surface area (Å²) in [7, 11) is 0. The fourth-order valence-corrected chi connectivity index (χ4v) is 3.32. The summed E-state index contributed by atoms with van der Waals surface area (Å²) in [6, 6.07) is 1.73. The van der Waals surface area contributed by atoms with Gasteiger partial charge in [0, 0.05) is 23.7 Å². The lowest BCUT2D eigenvalue weighted by Crippen LogP contribution is -2.44. The monoisotopic (exact) mass is 330 g/mol. The van der Waals surface area contributed by atoms with Crippen molar-refractivity contribution in [2.75, 3.05) is 0 Å². The molecule has 1 unspecified atom stereocenters. The van der Waals surface area contributed by atoms with Crippen LogP contribution in [0.2, 0.25) is 0 Å². The quantitative estimate of drug-likeness (QED) is 0.858. The Balaban J connectivity index is 2.26. The van der Waals surface area contributed by atoms with Crippen molar-refractivity contribution in [1.29, 1.82) is 0 Å². The van der Waals surface area contributed by atoms with Crippen LogP contribution in [0.1, 0.15) is 50.4 Å². The lowest BCUT2D eigenvalue weighted by molar-refractivity contribution is -0.172. The van der Waals surface area contributed by atoms with Crippen molar-refractivity contribution in [2.45, 2.75) is 52.4 Å². The molecule has 1 aromatic heterocycles. The van der Waals surface area contributed by atoms with E-state index >= 15 is 0 Å². The van der Waals surface area contributed by atoms with Crippen molar-refractivity contribution >= 4 is 11.7 Å².